The zero-order chi connectivity index (χ0) is 15.6. The van der Waals surface area contributed by atoms with Crippen molar-refractivity contribution in [3.05, 3.63) is 53.5 Å². The summed E-state index contributed by atoms with van der Waals surface area (Å²) in [7, 11) is 0. The average molecular weight is 307 g/mol. The first kappa shape index (κ1) is 14.3. The van der Waals surface area contributed by atoms with Gasteiger partial charge in [-0.15, -0.1) is 0 Å². The highest BCUT2D eigenvalue weighted by atomic mass is 15.2. The maximum Gasteiger partial charge on any atom is 0.199 e. The van der Waals surface area contributed by atoms with Crippen LogP contribution in [0.5, 0.6) is 0 Å². The summed E-state index contributed by atoms with van der Waals surface area (Å²) < 4.78 is 0. The van der Waals surface area contributed by atoms with Crippen molar-refractivity contribution < 1.29 is 0 Å². The lowest BCUT2D eigenvalue weighted by molar-refractivity contribution is 0.198. The van der Waals surface area contributed by atoms with Gasteiger partial charge < -0.3 is 0 Å². The fourth-order valence-electron chi connectivity index (χ4n) is 3.52. The van der Waals surface area contributed by atoms with Crippen LogP contribution in [0.1, 0.15) is 35.6 Å². The van der Waals surface area contributed by atoms with E-state index in [9.17, 15) is 0 Å². The Morgan fingerprint density at radius 2 is 2.09 bits per heavy atom. The molecule has 1 aliphatic heterocycles. The van der Waals surface area contributed by atoms with Gasteiger partial charge in [-0.2, -0.15) is 5.10 Å². The van der Waals surface area contributed by atoms with Crippen LogP contribution in [-0.4, -0.2) is 38.2 Å². The number of hydrogen-bond acceptors (Lipinski definition) is 4. The lowest BCUT2D eigenvalue weighted by Gasteiger charge is -2.32. The Labute approximate surface area is 135 Å². The summed E-state index contributed by atoms with van der Waals surface area (Å²) in [6, 6.07) is 8.65. The van der Waals surface area contributed by atoms with Crippen molar-refractivity contribution in [1.82, 2.24) is 25.1 Å². The summed E-state index contributed by atoms with van der Waals surface area (Å²) in [6.07, 6.45) is 5.82. The van der Waals surface area contributed by atoms with E-state index in [4.69, 9.17) is 0 Å². The number of aryl methyl sites for hydroxylation is 1. The van der Waals surface area contributed by atoms with Gasteiger partial charge in [-0.1, -0.05) is 24.3 Å². The predicted octanol–water partition coefficient (Wildman–Crippen LogP) is 3.04. The normalized spacial score (nSPS) is 19.3. The topological polar surface area (TPSA) is 57.7 Å². The molecule has 1 aromatic carbocycles. The Morgan fingerprint density at radius 1 is 1.22 bits per heavy atom. The van der Waals surface area contributed by atoms with Crippen LogP contribution in [0.15, 0.2) is 36.7 Å². The number of H-pyrrole nitrogens is 1. The van der Waals surface area contributed by atoms with E-state index in [0.29, 0.717) is 5.92 Å². The van der Waals surface area contributed by atoms with Crippen LogP contribution in [0.25, 0.3) is 11.2 Å². The summed E-state index contributed by atoms with van der Waals surface area (Å²) in [5.74, 6) is 0.453. The lowest BCUT2D eigenvalue weighted by atomic mass is 9.93. The minimum atomic E-state index is 0.453. The first-order chi connectivity index (χ1) is 11.3. The van der Waals surface area contributed by atoms with Gasteiger partial charge in [-0.05, 0) is 37.4 Å². The number of hydrogen-bond donors (Lipinski definition) is 1. The first-order valence-electron chi connectivity index (χ1n) is 8.23. The van der Waals surface area contributed by atoms with Crippen molar-refractivity contribution in [3.8, 4) is 0 Å². The molecule has 2 aromatic heterocycles. The van der Waals surface area contributed by atoms with Crippen LogP contribution in [0, 0.1) is 6.92 Å². The zero-order valence-corrected chi connectivity index (χ0v) is 13.4. The van der Waals surface area contributed by atoms with E-state index in [0.717, 1.165) is 36.5 Å². The molecule has 0 aliphatic carbocycles. The van der Waals surface area contributed by atoms with Crippen molar-refractivity contribution in [3.63, 3.8) is 0 Å². The Bertz CT molecular complexity index is 810. The largest absolute Gasteiger partial charge is 0.298 e. The number of piperidine rings is 1. The number of nitrogens with one attached hydrogen (secondary N) is 1. The second kappa shape index (κ2) is 6.08. The second-order valence-electron chi connectivity index (χ2n) is 6.37. The van der Waals surface area contributed by atoms with Crippen molar-refractivity contribution >= 4 is 11.2 Å². The standard InChI is InChI=1S/C18H21N5/c1-13-5-2-3-6-14(13)11-23-10-4-7-15(12-23)16-17-18(22-21-16)20-9-8-19-17/h2-3,5-6,8-9,15H,4,7,10-12H2,1H3,(H,20,21,22). The van der Waals surface area contributed by atoms with Crippen molar-refractivity contribution in [1.29, 1.82) is 0 Å². The molecule has 3 aromatic rings. The number of aromatic nitrogens is 4. The third-order valence-corrected chi connectivity index (χ3v) is 4.79. The van der Waals surface area contributed by atoms with Gasteiger partial charge >= 0.3 is 0 Å². The fourth-order valence-corrected chi connectivity index (χ4v) is 3.52. The molecule has 1 aliphatic rings. The van der Waals surface area contributed by atoms with E-state index in [1.165, 1.54) is 24.0 Å². The highest BCUT2D eigenvalue weighted by molar-refractivity contribution is 5.72. The fraction of sp³-hybridized carbons (Fsp3) is 0.389. The molecule has 1 atom stereocenters. The monoisotopic (exact) mass is 307 g/mol. The molecule has 1 unspecified atom stereocenters. The molecule has 1 N–H and O–H groups in total. The van der Waals surface area contributed by atoms with E-state index in [2.05, 4.69) is 56.3 Å². The molecule has 3 heterocycles. The maximum absolute atomic E-state index is 4.46. The summed E-state index contributed by atoms with van der Waals surface area (Å²) in [4.78, 5) is 11.3. The first-order valence-corrected chi connectivity index (χ1v) is 8.23. The van der Waals surface area contributed by atoms with Gasteiger partial charge in [-0.25, -0.2) is 9.97 Å². The molecule has 1 saturated heterocycles. The summed E-state index contributed by atoms with van der Waals surface area (Å²) in [6.45, 7) is 5.40. The molecule has 118 valence electrons. The van der Waals surface area contributed by atoms with Crippen LogP contribution in [0.3, 0.4) is 0 Å². The van der Waals surface area contributed by atoms with Gasteiger partial charge in [-0.3, -0.25) is 10.00 Å². The highest BCUT2D eigenvalue weighted by Gasteiger charge is 2.25. The van der Waals surface area contributed by atoms with E-state index in [1.807, 2.05) is 0 Å². The molecule has 23 heavy (non-hydrogen) atoms. The molecule has 0 saturated carbocycles. The number of aromatic amines is 1. The van der Waals surface area contributed by atoms with Gasteiger partial charge in [0.1, 0.15) is 5.52 Å². The molecular formula is C18H21N5. The van der Waals surface area contributed by atoms with Crippen LogP contribution < -0.4 is 0 Å². The molecule has 0 bridgehead atoms. The van der Waals surface area contributed by atoms with Gasteiger partial charge in [0.15, 0.2) is 5.65 Å². The molecule has 0 spiro atoms. The molecule has 4 rings (SSSR count). The van der Waals surface area contributed by atoms with Crippen LogP contribution in [0.4, 0.5) is 0 Å². The smallest absolute Gasteiger partial charge is 0.199 e. The van der Waals surface area contributed by atoms with Crippen molar-refractivity contribution in [2.24, 2.45) is 0 Å². The predicted molar refractivity (Wildman–Crippen MR) is 90.1 cm³/mol. The molecule has 1 fully saturated rings. The Hall–Kier alpha value is -2.27. The van der Waals surface area contributed by atoms with E-state index in [-0.39, 0.29) is 0 Å². The van der Waals surface area contributed by atoms with Crippen LogP contribution >= 0.6 is 0 Å². The third-order valence-electron chi connectivity index (χ3n) is 4.79. The van der Waals surface area contributed by atoms with Crippen molar-refractivity contribution in [2.45, 2.75) is 32.2 Å². The van der Waals surface area contributed by atoms with Crippen LogP contribution in [-0.2, 0) is 6.54 Å². The average Bonchev–Trinajstić information content (AvgIpc) is 3.01. The lowest BCUT2D eigenvalue weighted by Crippen LogP contribution is -2.34. The number of fused-ring (bicyclic) bond motifs is 1. The molecule has 5 heteroatoms. The summed E-state index contributed by atoms with van der Waals surface area (Å²) in [5, 5.41) is 7.48. The van der Waals surface area contributed by atoms with Gasteiger partial charge in [0.2, 0.25) is 0 Å². The zero-order valence-electron chi connectivity index (χ0n) is 13.4. The highest BCUT2D eigenvalue weighted by Crippen LogP contribution is 2.29. The maximum atomic E-state index is 4.46. The molecular weight excluding hydrogens is 286 g/mol. The minimum Gasteiger partial charge on any atom is -0.298 e. The summed E-state index contributed by atoms with van der Waals surface area (Å²) >= 11 is 0. The summed E-state index contributed by atoms with van der Waals surface area (Å²) in [5.41, 5.74) is 5.58. The Balaban J connectivity index is 1.54. The number of rotatable bonds is 3. The van der Waals surface area contributed by atoms with Gasteiger partial charge in [0.25, 0.3) is 0 Å². The molecule has 0 amide bonds. The third kappa shape index (κ3) is 2.84. The van der Waals surface area contributed by atoms with Gasteiger partial charge in [0, 0.05) is 31.4 Å². The van der Waals surface area contributed by atoms with Crippen LogP contribution in [0.2, 0.25) is 0 Å². The molecule has 5 nitrogen and oxygen atoms in total. The minimum absolute atomic E-state index is 0.453. The van der Waals surface area contributed by atoms with Gasteiger partial charge in [0.05, 0.1) is 5.69 Å². The number of benzene rings is 1. The van der Waals surface area contributed by atoms with E-state index in [1.54, 1.807) is 12.4 Å². The van der Waals surface area contributed by atoms with E-state index < -0.39 is 0 Å². The quantitative estimate of drug-likeness (QED) is 0.808. The van der Waals surface area contributed by atoms with E-state index >= 15 is 0 Å². The SMILES string of the molecule is Cc1ccccc1CN1CCCC(c2[nH]nc3nccnc23)C1. The number of nitrogens with zero attached hydrogens (tertiary/aromatic N) is 4. The van der Waals surface area contributed by atoms with Crippen molar-refractivity contribution in [2.75, 3.05) is 13.1 Å². The molecule has 0 radical (unpaired) electrons. The second-order valence-corrected chi connectivity index (χ2v) is 6.37. The number of likely N-dealkylation sites (tertiary alicyclic amines) is 1. The Kier molecular flexibility index (Phi) is 3.79. The Morgan fingerprint density at radius 3 is 3.00 bits per heavy atom.